The number of hydrogen-bond donors (Lipinski definition) is 1. The summed E-state index contributed by atoms with van der Waals surface area (Å²) in [6, 6.07) is 5.51. The van der Waals surface area contributed by atoms with Crippen molar-refractivity contribution in [2.45, 2.75) is 38.4 Å². The summed E-state index contributed by atoms with van der Waals surface area (Å²) in [7, 11) is 1.77. The van der Waals surface area contributed by atoms with Gasteiger partial charge in [-0.05, 0) is 30.2 Å². The van der Waals surface area contributed by atoms with Gasteiger partial charge in [0.15, 0.2) is 0 Å². The lowest BCUT2D eigenvalue weighted by molar-refractivity contribution is 0.0763. The number of rotatable bonds is 8. The molecule has 1 heterocycles. The van der Waals surface area contributed by atoms with E-state index in [-0.39, 0.29) is 0 Å². The Morgan fingerprint density at radius 3 is 2.83 bits per heavy atom. The Labute approximate surface area is 114 Å². The number of hydrogen-bond acceptors (Lipinski definition) is 4. The second-order valence-electron chi connectivity index (χ2n) is 5.22. The quantitative estimate of drug-likeness (QED) is 0.786. The van der Waals surface area contributed by atoms with E-state index in [4.69, 9.17) is 10.5 Å². The van der Waals surface area contributed by atoms with Gasteiger partial charge in [0.2, 0.25) is 0 Å². The van der Waals surface area contributed by atoms with Crippen molar-refractivity contribution in [2.75, 3.05) is 20.3 Å². The standard InChI is InChI=1S/C14H24N2OS/c1-11(10-17-2)14(8-15)16(12-5-6-12)9-13-4-3-7-18-13/h3-4,7,11-12,14H,5-6,8-10,15H2,1-2H3. The third-order valence-corrected chi connectivity index (χ3v) is 4.55. The van der Waals surface area contributed by atoms with Crippen molar-refractivity contribution in [3.05, 3.63) is 22.4 Å². The molecule has 1 aliphatic rings. The Bertz CT molecular complexity index is 338. The first-order valence-electron chi connectivity index (χ1n) is 6.73. The van der Waals surface area contributed by atoms with Crippen molar-refractivity contribution in [3.63, 3.8) is 0 Å². The fraction of sp³-hybridized carbons (Fsp3) is 0.714. The molecule has 4 heteroatoms. The lowest BCUT2D eigenvalue weighted by Crippen LogP contribution is -2.46. The molecule has 18 heavy (non-hydrogen) atoms. The molecule has 2 N–H and O–H groups in total. The molecule has 1 aliphatic carbocycles. The fourth-order valence-corrected chi connectivity index (χ4v) is 3.29. The number of thiophene rings is 1. The van der Waals surface area contributed by atoms with Crippen LogP contribution < -0.4 is 5.73 Å². The molecule has 102 valence electrons. The van der Waals surface area contributed by atoms with E-state index in [1.165, 1.54) is 17.7 Å². The largest absolute Gasteiger partial charge is 0.384 e. The van der Waals surface area contributed by atoms with Crippen LogP contribution in [0.15, 0.2) is 17.5 Å². The summed E-state index contributed by atoms with van der Waals surface area (Å²) >= 11 is 1.84. The van der Waals surface area contributed by atoms with Crippen LogP contribution in [0.5, 0.6) is 0 Å². The van der Waals surface area contributed by atoms with E-state index in [0.717, 1.165) is 19.2 Å². The minimum Gasteiger partial charge on any atom is -0.384 e. The van der Waals surface area contributed by atoms with Crippen molar-refractivity contribution in [1.82, 2.24) is 4.90 Å². The Morgan fingerprint density at radius 1 is 1.56 bits per heavy atom. The highest BCUT2D eigenvalue weighted by Crippen LogP contribution is 2.32. The molecule has 3 nitrogen and oxygen atoms in total. The first kappa shape index (κ1) is 14.0. The van der Waals surface area contributed by atoms with Crippen molar-refractivity contribution < 1.29 is 4.74 Å². The Balaban J connectivity index is 2.02. The maximum atomic E-state index is 6.01. The number of ether oxygens (including phenoxy) is 1. The van der Waals surface area contributed by atoms with Crippen LogP contribution in [0.25, 0.3) is 0 Å². The molecular weight excluding hydrogens is 244 g/mol. The average molecular weight is 268 g/mol. The third kappa shape index (κ3) is 3.54. The van der Waals surface area contributed by atoms with Gasteiger partial charge in [-0.15, -0.1) is 11.3 Å². The monoisotopic (exact) mass is 268 g/mol. The lowest BCUT2D eigenvalue weighted by atomic mass is 10.0. The Morgan fingerprint density at radius 2 is 2.33 bits per heavy atom. The van der Waals surface area contributed by atoms with E-state index < -0.39 is 0 Å². The van der Waals surface area contributed by atoms with Crippen LogP contribution in [0.2, 0.25) is 0 Å². The van der Waals surface area contributed by atoms with E-state index in [9.17, 15) is 0 Å². The van der Waals surface area contributed by atoms with Crippen LogP contribution in [-0.2, 0) is 11.3 Å². The highest BCUT2D eigenvalue weighted by atomic mass is 32.1. The topological polar surface area (TPSA) is 38.5 Å². The molecule has 0 amide bonds. The fourth-order valence-electron chi connectivity index (χ4n) is 2.57. The molecule has 2 unspecified atom stereocenters. The van der Waals surface area contributed by atoms with Crippen LogP contribution in [0.1, 0.15) is 24.6 Å². The summed E-state index contributed by atoms with van der Waals surface area (Å²) in [5.74, 6) is 0.487. The van der Waals surface area contributed by atoms with Gasteiger partial charge in [-0.2, -0.15) is 0 Å². The molecule has 1 aromatic heterocycles. The lowest BCUT2D eigenvalue weighted by Gasteiger charge is -2.34. The Kier molecular flexibility index (Phi) is 5.18. The van der Waals surface area contributed by atoms with Crippen LogP contribution in [0.3, 0.4) is 0 Å². The molecule has 1 fully saturated rings. The van der Waals surface area contributed by atoms with Crippen molar-refractivity contribution in [2.24, 2.45) is 11.7 Å². The summed E-state index contributed by atoms with van der Waals surface area (Å²) in [6.07, 6.45) is 2.64. The summed E-state index contributed by atoms with van der Waals surface area (Å²) in [4.78, 5) is 4.03. The van der Waals surface area contributed by atoms with Gasteiger partial charge in [-0.1, -0.05) is 13.0 Å². The minimum atomic E-state index is 0.430. The molecule has 0 aliphatic heterocycles. The van der Waals surface area contributed by atoms with E-state index in [1.807, 2.05) is 11.3 Å². The molecule has 0 bridgehead atoms. The van der Waals surface area contributed by atoms with Crippen molar-refractivity contribution in [3.8, 4) is 0 Å². The summed E-state index contributed by atoms with van der Waals surface area (Å²) in [5, 5.41) is 2.15. The molecule has 0 radical (unpaired) electrons. The van der Waals surface area contributed by atoms with Crippen molar-refractivity contribution >= 4 is 11.3 Å². The third-order valence-electron chi connectivity index (χ3n) is 3.69. The van der Waals surface area contributed by atoms with Crippen LogP contribution in [0, 0.1) is 5.92 Å². The summed E-state index contributed by atoms with van der Waals surface area (Å²) in [5.41, 5.74) is 6.01. The molecule has 2 atom stereocenters. The maximum Gasteiger partial charge on any atom is 0.0503 e. The summed E-state index contributed by atoms with van der Waals surface area (Å²) in [6.45, 7) is 4.78. The number of methoxy groups -OCH3 is 1. The maximum absolute atomic E-state index is 6.01. The van der Waals surface area contributed by atoms with E-state index in [1.54, 1.807) is 7.11 Å². The molecule has 0 aromatic carbocycles. The minimum absolute atomic E-state index is 0.430. The number of nitrogens with two attached hydrogens (primary N) is 1. The molecular formula is C14H24N2OS. The van der Waals surface area contributed by atoms with Gasteiger partial charge >= 0.3 is 0 Å². The highest BCUT2D eigenvalue weighted by Gasteiger charge is 2.35. The van der Waals surface area contributed by atoms with Gasteiger partial charge in [0.05, 0.1) is 6.61 Å². The number of nitrogens with zero attached hydrogens (tertiary/aromatic N) is 1. The first-order chi connectivity index (χ1) is 8.76. The second kappa shape index (κ2) is 6.66. The van der Waals surface area contributed by atoms with E-state index in [0.29, 0.717) is 18.5 Å². The van der Waals surface area contributed by atoms with Gasteiger partial charge in [0, 0.05) is 37.2 Å². The smallest absolute Gasteiger partial charge is 0.0503 e. The van der Waals surface area contributed by atoms with Gasteiger partial charge in [-0.25, -0.2) is 0 Å². The van der Waals surface area contributed by atoms with Crippen LogP contribution in [-0.4, -0.2) is 37.2 Å². The first-order valence-corrected chi connectivity index (χ1v) is 7.61. The average Bonchev–Trinajstić information content (AvgIpc) is 3.08. The van der Waals surface area contributed by atoms with E-state index >= 15 is 0 Å². The van der Waals surface area contributed by atoms with Gasteiger partial charge in [0.1, 0.15) is 0 Å². The normalized spacial score (nSPS) is 19.1. The second-order valence-corrected chi connectivity index (χ2v) is 6.25. The Hall–Kier alpha value is -0.420. The zero-order valence-electron chi connectivity index (χ0n) is 11.3. The predicted octanol–water partition coefficient (Wildman–Crippen LogP) is 2.32. The van der Waals surface area contributed by atoms with Gasteiger partial charge in [-0.3, -0.25) is 4.90 Å². The molecule has 1 saturated carbocycles. The van der Waals surface area contributed by atoms with E-state index in [2.05, 4.69) is 29.3 Å². The van der Waals surface area contributed by atoms with Crippen LogP contribution in [0.4, 0.5) is 0 Å². The van der Waals surface area contributed by atoms with Gasteiger partial charge in [0.25, 0.3) is 0 Å². The zero-order valence-corrected chi connectivity index (χ0v) is 12.2. The molecule has 0 saturated heterocycles. The van der Waals surface area contributed by atoms with Crippen molar-refractivity contribution in [1.29, 1.82) is 0 Å². The van der Waals surface area contributed by atoms with Gasteiger partial charge < -0.3 is 10.5 Å². The summed E-state index contributed by atoms with van der Waals surface area (Å²) < 4.78 is 5.29. The molecule has 2 rings (SSSR count). The predicted molar refractivity (Wildman–Crippen MR) is 76.8 cm³/mol. The zero-order chi connectivity index (χ0) is 13.0. The SMILES string of the molecule is COCC(C)C(CN)N(Cc1cccs1)C1CC1. The van der Waals surface area contributed by atoms with Crippen LogP contribution >= 0.6 is 11.3 Å². The molecule has 0 spiro atoms. The highest BCUT2D eigenvalue weighted by molar-refractivity contribution is 7.09. The molecule has 1 aromatic rings.